The van der Waals surface area contributed by atoms with Crippen LogP contribution in [0.15, 0.2) is 107 Å². The molecule has 6 aromatic carbocycles. The second-order valence-corrected chi connectivity index (χ2v) is 12.4. The Morgan fingerprint density at radius 2 is 1.02 bits per heavy atom. The van der Waals surface area contributed by atoms with Crippen molar-refractivity contribution >= 4 is 57.2 Å². The number of phenolic OH excluding ortho intramolecular Hbond substituents is 4. The molecule has 2 aliphatic rings. The van der Waals surface area contributed by atoms with Gasteiger partial charge in [0.2, 0.25) is 0 Å². The van der Waals surface area contributed by atoms with E-state index in [2.05, 4.69) is 43.0 Å². The highest BCUT2D eigenvalue weighted by atomic mass is 16.3. The highest BCUT2D eigenvalue weighted by molar-refractivity contribution is 6.03. The van der Waals surface area contributed by atoms with Gasteiger partial charge >= 0.3 is 0 Å². The van der Waals surface area contributed by atoms with Crippen LogP contribution in [-0.2, 0) is 13.1 Å². The predicted molar refractivity (Wildman–Crippen MR) is 195 cm³/mol. The molecule has 0 fully saturated rings. The maximum atomic E-state index is 12.9. The summed E-state index contributed by atoms with van der Waals surface area (Å²) >= 11 is 0. The summed E-state index contributed by atoms with van der Waals surface area (Å²) in [6.07, 6.45) is 2.54. The maximum Gasteiger partial charge on any atom is 0.271 e. The zero-order valence-electron chi connectivity index (χ0n) is 26.9. The normalized spacial score (nSPS) is 13.5. The molecule has 0 atom stereocenters. The summed E-state index contributed by atoms with van der Waals surface area (Å²) < 4.78 is 0. The number of nitrogens with one attached hydrogen (secondary N) is 2. The van der Waals surface area contributed by atoms with Crippen LogP contribution >= 0.6 is 0 Å². The Hall–Kier alpha value is -7.08. The Kier molecular flexibility index (Phi) is 7.60. The van der Waals surface area contributed by atoms with E-state index in [9.17, 15) is 30.0 Å². The Balaban J connectivity index is 1.00. The third kappa shape index (κ3) is 5.84. The molecule has 2 amide bonds. The summed E-state index contributed by atoms with van der Waals surface area (Å²) in [6.45, 7) is 2.09. The van der Waals surface area contributed by atoms with Crippen LogP contribution in [-0.4, -0.2) is 51.3 Å². The molecule has 8 rings (SSSR count). The topological polar surface area (TPSA) is 170 Å². The number of hydrogen-bond acceptors (Lipinski definition) is 10. The van der Waals surface area contributed by atoms with Gasteiger partial charge in [-0.2, -0.15) is 10.2 Å². The van der Waals surface area contributed by atoms with Gasteiger partial charge in [0.25, 0.3) is 11.8 Å². The Morgan fingerprint density at radius 3 is 1.47 bits per heavy atom. The van der Waals surface area contributed by atoms with Crippen molar-refractivity contribution in [2.45, 2.75) is 13.1 Å². The van der Waals surface area contributed by atoms with Crippen molar-refractivity contribution in [2.75, 3.05) is 16.5 Å². The first-order valence-electron chi connectivity index (χ1n) is 16.0. The van der Waals surface area contributed by atoms with Crippen LogP contribution < -0.4 is 20.7 Å². The van der Waals surface area contributed by atoms with E-state index in [0.29, 0.717) is 24.2 Å². The number of carbonyl (C=O) groups is 2. The molecule has 2 heterocycles. The Morgan fingerprint density at radius 1 is 0.569 bits per heavy atom. The summed E-state index contributed by atoms with van der Waals surface area (Å²) in [5.74, 6) is -0.999. The minimum Gasteiger partial charge on any atom is -0.508 e. The molecule has 2 aliphatic heterocycles. The van der Waals surface area contributed by atoms with Crippen LogP contribution in [0.25, 0.3) is 21.5 Å². The fraction of sp³-hybridized carbons (Fsp3) is 0.0769. The SMILES string of the molecule is O=C(N/N=C/c1cc(O)ccc1O)c1ccc2c3c(ccc2c1)N1Cc2c(ccc4cc(C(=O)N/N=C/c5cc(O)ccc5O)ccc24)N(C3)C1. The highest BCUT2D eigenvalue weighted by Crippen LogP contribution is 2.43. The van der Waals surface area contributed by atoms with Crippen LogP contribution in [0.2, 0.25) is 0 Å². The van der Waals surface area contributed by atoms with E-state index in [0.717, 1.165) is 39.6 Å². The van der Waals surface area contributed by atoms with E-state index >= 15 is 0 Å². The molecule has 0 unspecified atom stereocenters. The second kappa shape index (κ2) is 12.4. The van der Waals surface area contributed by atoms with Gasteiger partial charge in [0, 0.05) is 57.8 Å². The van der Waals surface area contributed by atoms with E-state index in [1.54, 1.807) is 12.1 Å². The minimum absolute atomic E-state index is 0.0259. The number of benzene rings is 6. The molecule has 12 heteroatoms. The fourth-order valence-corrected chi connectivity index (χ4v) is 6.72. The van der Waals surface area contributed by atoms with Crippen LogP contribution in [0.3, 0.4) is 0 Å². The van der Waals surface area contributed by atoms with Crippen LogP contribution in [0.1, 0.15) is 43.0 Å². The lowest BCUT2D eigenvalue weighted by atomic mass is 9.93. The molecule has 0 radical (unpaired) electrons. The summed E-state index contributed by atoms with van der Waals surface area (Å²) in [7, 11) is 0. The quantitative estimate of drug-likeness (QED) is 0.0747. The van der Waals surface area contributed by atoms with Crippen molar-refractivity contribution in [3.8, 4) is 23.0 Å². The number of carbonyl (C=O) groups excluding carboxylic acids is 2. The lowest BCUT2D eigenvalue weighted by Gasteiger charge is -2.45. The number of aromatic hydroxyl groups is 4. The molecule has 0 spiro atoms. The maximum absolute atomic E-state index is 12.9. The van der Waals surface area contributed by atoms with Gasteiger partial charge in [0.15, 0.2) is 0 Å². The molecule has 51 heavy (non-hydrogen) atoms. The van der Waals surface area contributed by atoms with E-state index in [1.165, 1.54) is 60.0 Å². The highest BCUT2D eigenvalue weighted by Gasteiger charge is 2.31. The second-order valence-electron chi connectivity index (χ2n) is 12.4. The van der Waals surface area contributed by atoms with Gasteiger partial charge < -0.3 is 30.2 Å². The molecule has 0 saturated heterocycles. The van der Waals surface area contributed by atoms with Crippen molar-refractivity contribution in [2.24, 2.45) is 10.2 Å². The van der Waals surface area contributed by atoms with Gasteiger partial charge in [-0.3, -0.25) is 9.59 Å². The van der Waals surface area contributed by atoms with E-state index in [-0.39, 0.29) is 34.1 Å². The van der Waals surface area contributed by atoms with Gasteiger partial charge in [0.05, 0.1) is 19.1 Å². The minimum atomic E-state index is -0.405. The number of hydrogen-bond donors (Lipinski definition) is 6. The van der Waals surface area contributed by atoms with E-state index < -0.39 is 11.8 Å². The van der Waals surface area contributed by atoms with Crippen LogP contribution in [0.4, 0.5) is 11.4 Å². The molecule has 0 aromatic heterocycles. The lowest BCUT2D eigenvalue weighted by Crippen LogP contribution is -2.46. The van der Waals surface area contributed by atoms with Gasteiger partial charge in [0.1, 0.15) is 23.0 Å². The molecule has 0 aliphatic carbocycles. The van der Waals surface area contributed by atoms with Gasteiger partial charge in [-0.15, -0.1) is 0 Å². The molecular weight excluding hydrogens is 648 g/mol. The number of rotatable bonds is 6. The number of amides is 2. The summed E-state index contributed by atoms with van der Waals surface area (Å²) in [6, 6.07) is 27.4. The molecule has 252 valence electrons. The first-order chi connectivity index (χ1) is 24.7. The molecule has 6 N–H and O–H groups in total. The zero-order chi connectivity index (χ0) is 35.2. The zero-order valence-corrected chi connectivity index (χ0v) is 26.9. The predicted octanol–water partition coefficient (Wildman–Crippen LogP) is 5.64. The standard InChI is InChI=1S/C39H30N6O6/c46-28-5-11-36(48)26(15-28)17-40-42-38(50)24-1-7-30-22(13-24)3-9-34-32(30)19-44-21-45(34)20-33-31-8-2-25(14-23(31)4-10-35(33)44)39(51)43-41-18-27-16-29(47)6-12-37(27)49/h1-18,46-49H,19-21H2,(H,42,50)(H,43,51)/b40-17+,41-18+. The number of fused-ring (bicyclic) bond motifs is 10. The van der Waals surface area contributed by atoms with E-state index in [4.69, 9.17) is 0 Å². The third-order valence-corrected chi connectivity index (χ3v) is 9.22. The van der Waals surface area contributed by atoms with Crippen LogP contribution in [0.5, 0.6) is 23.0 Å². The fourth-order valence-electron chi connectivity index (χ4n) is 6.72. The average molecular weight is 679 g/mol. The van der Waals surface area contributed by atoms with Crippen molar-refractivity contribution < 1.29 is 30.0 Å². The Labute approximate surface area is 290 Å². The third-order valence-electron chi connectivity index (χ3n) is 9.22. The number of hydrazone groups is 2. The average Bonchev–Trinajstić information content (AvgIpc) is 3.13. The van der Waals surface area contributed by atoms with Crippen LogP contribution in [0, 0.1) is 0 Å². The van der Waals surface area contributed by atoms with E-state index in [1.807, 2.05) is 36.4 Å². The van der Waals surface area contributed by atoms with Crippen molar-refractivity contribution in [1.29, 1.82) is 0 Å². The number of nitrogens with zero attached hydrogens (tertiary/aromatic N) is 4. The van der Waals surface area contributed by atoms with Gasteiger partial charge in [-0.1, -0.05) is 24.3 Å². The first-order valence-corrected chi connectivity index (χ1v) is 16.0. The van der Waals surface area contributed by atoms with Gasteiger partial charge in [-0.05, 0) is 94.3 Å². The molecule has 12 nitrogen and oxygen atoms in total. The summed E-state index contributed by atoms with van der Waals surface area (Å²) in [5, 5.41) is 51.0. The first kappa shape index (κ1) is 31.2. The molecular formula is C39H30N6O6. The monoisotopic (exact) mass is 678 g/mol. The molecule has 2 bridgehead atoms. The lowest BCUT2D eigenvalue weighted by molar-refractivity contribution is 0.0947. The largest absolute Gasteiger partial charge is 0.508 e. The smallest absolute Gasteiger partial charge is 0.271 e. The Bertz CT molecular complexity index is 2310. The van der Waals surface area contributed by atoms with Crippen molar-refractivity contribution in [1.82, 2.24) is 10.9 Å². The summed E-state index contributed by atoms with van der Waals surface area (Å²) in [5.41, 5.74) is 11.0. The molecule has 6 aromatic rings. The summed E-state index contributed by atoms with van der Waals surface area (Å²) in [4.78, 5) is 30.5. The number of phenols is 4. The molecule has 0 saturated carbocycles. The van der Waals surface area contributed by atoms with Crippen molar-refractivity contribution in [3.63, 3.8) is 0 Å². The van der Waals surface area contributed by atoms with Gasteiger partial charge in [-0.25, -0.2) is 10.9 Å². The van der Waals surface area contributed by atoms with Crippen molar-refractivity contribution in [3.05, 3.63) is 130 Å². The number of anilines is 2.